The molecule has 156 valence electrons. The van der Waals surface area contributed by atoms with Crippen molar-refractivity contribution >= 4 is 38.9 Å². The first-order chi connectivity index (χ1) is 14.3. The summed E-state index contributed by atoms with van der Waals surface area (Å²) in [5, 5.41) is 2.45. The third-order valence-corrected chi connectivity index (χ3v) is 6.76. The van der Waals surface area contributed by atoms with Gasteiger partial charge < -0.3 is 10.1 Å². The van der Waals surface area contributed by atoms with E-state index >= 15 is 0 Å². The second-order valence-corrected chi connectivity index (χ2v) is 9.13. The predicted molar refractivity (Wildman–Crippen MR) is 116 cm³/mol. The zero-order chi connectivity index (χ0) is 21.7. The average Bonchev–Trinajstić information content (AvgIpc) is 3.15. The number of methoxy groups -OCH3 is 1. The molecule has 3 aromatic rings. The fourth-order valence-corrected chi connectivity index (χ4v) is 4.77. The van der Waals surface area contributed by atoms with Crippen LogP contribution in [-0.4, -0.2) is 33.9 Å². The third-order valence-electron chi connectivity index (χ3n) is 4.19. The molecular weight excluding hydrogens is 424 g/mol. The Morgan fingerprint density at radius 3 is 2.33 bits per heavy atom. The number of nitrogens with one attached hydrogen (secondary N) is 2. The zero-order valence-corrected chi connectivity index (χ0v) is 18.0. The molecule has 0 bridgehead atoms. The Morgan fingerprint density at radius 1 is 1.03 bits per heavy atom. The minimum atomic E-state index is -3.91. The van der Waals surface area contributed by atoms with Crippen LogP contribution < -0.4 is 10.0 Å². The molecule has 0 spiro atoms. The Bertz CT molecular complexity index is 1150. The van der Waals surface area contributed by atoms with Crippen molar-refractivity contribution in [3.63, 3.8) is 0 Å². The number of carbonyl (C=O) groups is 2. The monoisotopic (exact) mass is 444 g/mol. The Balaban J connectivity index is 1.96. The SMILES string of the molecule is COC(=O)CNC(=O)c1sc(-c2ccccc2)cc1NS(=O)(=O)c1ccc(C)cc1. The van der Waals surface area contributed by atoms with Crippen LogP contribution in [0.15, 0.2) is 65.6 Å². The molecule has 9 heteroatoms. The lowest BCUT2D eigenvalue weighted by molar-refractivity contribution is -0.139. The number of hydrogen-bond acceptors (Lipinski definition) is 6. The Hall–Kier alpha value is -3.17. The van der Waals surface area contributed by atoms with Gasteiger partial charge in [-0.1, -0.05) is 48.0 Å². The fourth-order valence-electron chi connectivity index (χ4n) is 2.61. The molecule has 0 atom stereocenters. The fraction of sp³-hybridized carbons (Fsp3) is 0.143. The van der Waals surface area contributed by atoms with Crippen molar-refractivity contribution in [2.75, 3.05) is 18.4 Å². The van der Waals surface area contributed by atoms with Crippen LogP contribution in [0.25, 0.3) is 10.4 Å². The second-order valence-electron chi connectivity index (χ2n) is 6.40. The molecule has 30 heavy (non-hydrogen) atoms. The van der Waals surface area contributed by atoms with Gasteiger partial charge in [-0.05, 0) is 30.7 Å². The maximum Gasteiger partial charge on any atom is 0.325 e. The summed E-state index contributed by atoms with van der Waals surface area (Å²) < 4.78 is 32.7. The highest BCUT2D eigenvalue weighted by molar-refractivity contribution is 7.92. The number of rotatable bonds is 7. The number of esters is 1. The van der Waals surface area contributed by atoms with E-state index < -0.39 is 21.9 Å². The molecule has 0 saturated carbocycles. The van der Waals surface area contributed by atoms with Gasteiger partial charge in [-0.15, -0.1) is 11.3 Å². The molecule has 1 heterocycles. The smallest absolute Gasteiger partial charge is 0.325 e. The van der Waals surface area contributed by atoms with E-state index in [4.69, 9.17) is 0 Å². The summed E-state index contributed by atoms with van der Waals surface area (Å²) in [4.78, 5) is 24.9. The van der Waals surface area contributed by atoms with Gasteiger partial charge in [0.05, 0.1) is 17.7 Å². The molecular formula is C21H20N2O5S2. The van der Waals surface area contributed by atoms with Gasteiger partial charge in [-0.2, -0.15) is 0 Å². The van der Waals surface area contributed by atoms with Crippen LogP contribution in [-0.2, 0) is 19.6 Å². The summed E-state index contributed by atoms with van der Waals surface area (Å²) in [6, 6.07) is 17.3. The number of carbonyl (C=O) groups excluding carboxylic acids is 2. The molecule has 1 aromatic heterocycles. The normalized spacial score (nSPS) is 11.0. The first-order valence-electron chi connectivity index (χ1n) is 8.94. The van der Waals surface area contributed by atoms with Gasteiger partial charge in [0.1, 0.15) is 11.4 Å². The zero-order valence-electron chi connectivity index (χ0n) is 16.3. The highest BCUT2D eigenvalue weighted by Gasteiger charge is 2.23. The lowest BCUT2D eigenvalue weighted by Gasteiger charge is -2.09. The number of hydrogen-bond donors (Lipinski definition) is 2. The number of thiophene rings is 1. The Morgan fingerprint density at radius 2 is 1.70 bits per heavy atom. The van der Waals surface area contributed by atoms with Gasteiger partial charge >= 0.3 is 5.97 Å². The molecule has 0 aliphatic carbocycles. The summed E-state index contributed by atoms with van der Waals surface area (Å²) >= 11 is 1.13. The second kappa shape index (κ2) is 9.10. The maximum absolute atomic E-state index is 12.8. The van der Waals surface area contributed by atoms with Gasteiger partial charge in [0, 0.05) is 4.88 Å². The van der Waals surface area contributed by atoms with E-state index in [0.29, 0.717) is 4.88 Å². The minimum Gasteiger partial charge on any atom is -0.468 e. The first-order valence-corrected chi connectivity index (χ1v) is 11.2. The Labute approximate surface area is 178 Å². The largest absolute Gasteiger partial charge is 0.468 e. The molecule has 0 aliphatic rings. The molecule has 2 aromatic carbocycles. The van der Waals surface area contributed by atoms with Crippen molar-refractivity contribution < 1.29 is 22.7 Å². The van der Waals surface area contributed by atoms with Crippen molar-refractivity contribution in [3.05, 3.63) is 71.1 Å². The summed E-state index contributed by atoms with van der Waals surface area (Å²) in [5.41, 5.74) is 1.91. The van der Waals surface area contributed by atoms with Gasteiger partial charge in [0.2, 0.25) is 0 Å². The van der Waals surface area contributed by atoms with E-state index in [-0.39, 0.29) is 22.0 Å². The lowest BCUT2D eigenvalue weighted by Crippen LogP contribution is -2.30. The van der Waals surface area contributed by atoms with Crippen LogP contribution in [0.3, 0.4) is 0 Å². The molecule has 0 fully saturated rings. The lowest BCUT2D eigenvalue weighted by atomic mass is 10.2. The summed E-state index contributed by atoms with van der Waals surface area (Å²) in [6.07, 6.45) is 0. The van der Waals surface area contributed by atoms with Crippen molar-refractivity contribution in [1.82, 2.24) is 5.32 Å². The van der Waals surface area contributed by atoms with E-state index in [0.717, 1.165) is 22.5 Å². The number of aryl methyl sites for hydroxylation is 1. The number of sulfonamides is 1. The molecule has 3 rings (SSSR count). The van der Waals surface area contributed by atoms with E-state index in [9.17, 15) is 18.0 Å². The number of ether oxygens (including phenoxy) is 1. The van der Waals surface area contributed by atoms with E-state index in [1.165, 1.54) is 19.2 Å². The predicted octanol–water partition coefficient (Wildman–Crippen LogP) is 3.43. The van der Waals surface area contributed by atoms with Gasteiger partial charge in [0.15, 0.2) is 0 Å². The van der Waals surface area contributed by atoms with Crippen LogP contribution in [0.4, 0.5) is 5.69 Å². The highest BCUT2D eigenvalue weighted by atomic mass is 32.2. The molecule has 0 aliphatic heterocycles. The standard InChI is InChI=1S/C21H20N2O5S2/c1-14-8-10-16(11-9-14)30(26,27)23-17-12-18(15-6-4-3-5-7-15)29-20(17)21(25)22-13-19(24)28-2/h3-12,23H,13H2,1-2H3,(H,22,25). The van der Waals surface area contributed by atoms with Crippen LogP contribution in [0.1, 0.15) is 15.2 Å². The van der Waals surface area contributed by atoms with Gasteiger partial charge in [-0.25, -0.2) is 8.42 Å². The van der Waals surface area contributed by atoms with Crippen LogP contribution >= 0.6 is 11.3 Å². The van der Waals surface area contributed by atoms with Crippen molar-refractivity contribution in [3.8, 4) is 10.4 Å². The van der Waals surface area contributed by atoms with E-state index in [1.54, 1.807) is 18.2 Å². The molecule has 0 radical (unpaired) electrons. The molecule has 7 nitrogen and oxygen atoms in total. The highest BCUT2D eigenvalue weighted by Crippen LogP contribution is 2.36. The third kappa shape index (κ3) is 5.05. The first kappa shape index (κ1) is 21.5. The van der Waals surface area contributed by atoms with Gasteiger partial charge in [-0.3, -0.25) is 14.3 Å². The number of benzene rings is 2. The average molecular weight is 445 g/mol. The molecule has 2 N–H and O–H groups in total. The quantitative estimate of drug-likeness (QED) is 0.544. The van der Waals surface area contributed by atoms with Crippen molar-refractivity contribution in [2.24, 2.45) is 0 Å². The van der Waals surface area contributed by atoms with E-state index in [1.807, 2.05) is 37.3 Å². The molecule has 0 unspecified atom stereocenters. The summed E-state index contributed by atoms with van der Waals surface area (Å²) in [7, 11) is -2.69. The van der Waals surface area contributed by atoms with Gasteiger partial charge in [0.25, 0.3) is 15.9 Å². The Kier molecular flexibility index (Phi) is 6.53. The van der Waals surface area contributed by atoms with Crippen LogP contribution in [0, 0.1) is 6.92 Å². The number of anilines is 1. The molecule has 0 saturated heterocycles. The van der Waals surface area contributed by atoms with Crippen LogP contribution in [0.5, 0.6) is 0 Å². The van der Waals surface area contributed by atoms with Crippen molar-refractivity contribution in [2.45, 2.75) is 11.8 Å². The maximum atomic E-state index is 12.8. The van der Waals surface area contributed by atoms with E-state index in [2.05, 4.69) is 14.8 Å². The van der Waals surface area contributed by atoms with Crippen molar-refractivity contribution in [1.29, 1.82) is 0 Å². The number of amides is 1. The molecule has 1 amide bonds. The summed E-state index contributed by atoms with van der Waals surface area (Å²) in [5.74, 6) is -1.18. The van der Waals surface area contributed by atoms with Crippen LogP contribution in [0.2, 0.25) is 0 Å². The topological polar surface area (TPSA) is 102 Å². The minimum absolute atomic E-state index is 0.0847. The summed E-state index contributed by atoms with van der Waals surface area (Å²) in [6.45, 7) is 1.54.